The summed E-state index contributed by atoms with van der Waals surface area (Å²) in [5, 5.41) is 0. The van der Waals surface area contributed by atoms with Crippen LogP contribution in [0, 0.1) is 5.41 Å². The highest BCUT2D eigenvalue weighted by Gasteiger charge is 2.42. The Kier molecular flexibility index (Phi) is 6.30. The molecule has 0 aromatic rings. The predicted molar refractivity (Wildman–Crippen MR) is 72.1 cm³/mol. The van der Waals surface area contributed by atoms with E-state index in [1.165, 1.54) is 0 Å². The maximum absolute atomic E-state index is 12.6. The van der Waals surface area contributed by atoms with Gasteiger partial charge >= 0.3 is 6.18 Å². The van der Waals surface area contributed by atoms with Crippen molar-refractivity contribution in [2.75, 3.05) is 19.6 Å². The van der Waals surface area contributed by atoms with Crippen LogP contribution < -0.4 is 5.73 Å². The zero-order chi connectivity index (χ0) is 15.2. The molecule has 1 rings (SSSR count). The van der Waals surface area contributed by atoms with Crippen LogP contribution in [0.1, 0.15) is 51.9 Å². The van der Waals surface area contributed by atoms with Crippen molar-refractivity contribution in [1.82, 2.24) is 4.90 Å². The number of nitrogens with zero attached hydrogens (tertiary/aromatic N) is 1. The van der Waals surface area contributed by atoms with Gasteiger partial charge in [0.05, 0.1) is 5.41 Å². The topological polar surface area (TPSA) is 46.3 Å². The molecule has 0 atom stereocenters. The van der Waals surface area contributed by atoms with E-state index in [0.29, 0.717) is 19.3 Å². The molecule has 1 aliphatic rings. The second-order valence-corrected chi connectivity index (χ2v) is 5.74. The van der Waals surface area contributed by atoms with E-state index in [2.05, 4.69) is 0 Å². The number of carbonyl (C=O) groups excluding carboxylic acids is 1. The third-order valence-corrected chi connectivity index (χ3v) is 4.06. The first-order chi connectivity index (χ1) is 9.34. The van der Waals surface area contributed by atoms with Crippen LogP contribution in [-0.4, -0.2) is 36.6 Å². The summed E-state index contributed by atoms with van der Waals surface area (Å²) in [6, 6.07) is 0. The van der Waals surface area contributed by atoms with Gasteiger partial charge in [-0.25, -0.2) is 0 Å². The third kappa shape index (κ3) is 4.65. The van der Waals surface area contributed by atoms with Gasteiger partial charge in [0, 0.05) is 13.1 Å². The molecule has 0 saturated heterocycles. The Morgan fingerprint density at radius 2 is 1.75 bits per heavy atom. The lowest BCUT2D eigenvalue weighted by Crippen LogP contribution is -2.50. The first-order valence-corrected chi connectivity index (χ1v) is 7.41. The number of halogens is 3. The van der Waals surface area contributed by atoms with Crippen LogP contribution in [0.3, 0.4) is 0 Å². The monoisotopic (exact) mass is 294 g/mol. The maximum atomic E-state index is 12.6. The average molecular weight is 294 g/mol. The Bertz CT molecular complexity index is 310. The molecule has 1 amide bonds. The van der Waals surface area contributed by atoms with Gasteiger partial charge in [-0.2, -0.15) is 13.2 Å². The third-order valence-electron chi connectivity index (χ3n) is 4.06. The molecular weight excluding hydrogens is 269 g/mol. The van der Waals surface area contributed by atoms with Crippen molar-refractivity contribution in [3.8, 4) is 0 Å². The molecule has 0 unspecified atom stereocenters. The van der Waals surface area contributed by atoms with E-state index >= 15 is 0 Å². The Hall–Kier alpha value is -0.780. The molecule has 0 bridgehead atoms. The first-order valence-electron chi connectivity index (χ1n) is 7.41. The molecule has 0 heterocycles. The van der Waals surface area contributed by atoms with Gasteiger partial charge in [0.2, 0.25) is 5.91 Å². The van der Waals surface area contributed by atoms with Gasteiger partial charge in [-0.05, 0) is 19.3 Å². The van der Waals surface area contributed by atoms with Crippen LogP contribution in [0.4, 0.5) is 13.2 Å². The highest BCUT2D eigenvalue weighted by atomic mass is 19.4. The Labute approximate surface area is 118 Å². The quantitative estimate of drug-likeness (QED) is 0.792. The van der Waals surface area contributed by atoms with Gasteiger partial charge in [0.1, 0.15) is 6.54 Å². The average Bonchev–Trinajstić information content (AvgIpc) is 2.62. The largest absolute Gasteiger partial charge is 0.406 e. The summed E-state index contributed by atoms with van der Waals surface area (Å²) in [6.07, 6.45) is 1.18. The Morgan fingerprint density at radius 1 is 1.20 bits per heavy atom. The zero-order valence-electron chi connectivity index (χ0n) is 12.1. The van der Waals surface area contributed by atoms with Crippen molar-refractivity contribution in [2.24, 2.45) is 11.1 Å². The van der Waals surface area contributed by atoms with Crippen LogP contribution >= 0.6 is 0 Å². The SMILES string of the molecule is CCCN(CC(F)(F)F)C(=O)C1(CN)CCCCCC1. The summed E-state index contributed by atoms with van der Waals surface area (Å²) in [6.45, 7) is 0.893. The summed E-state index contributed by atoms with van der Waals surface area (Å²) in [5.74, 6) is -0.402. The molecule has 1 aliphatic carbocycles. The minimum atomic E-state index is -4.36. The fourth-order valence-electron chi connectivity index (χ4n) is 2.98. The van der Waals surface area contributed by atoms with Crippen molar-refractivity contribution in [1.29, 1.82) is 0 Å². The molecule has 1 fully saturated rings. The van der Waals surface area contributed by atoms with Crippen LogP contribution in [-0.2, 0) is 4.79 Å². The number of nitrogens with two attached hydrogens (primary N) is 1. The van der Waals surface area contributed by atoms with Crippen LogP contribution in [0.2, 0.25) is 0 Å². The summed E-state index contributed by atoms with van der Waals surface area (Å²) < 4.78 is 37.9. The zero-order valence-corrected chi connectivity index (χ0v) is 12.1. The van der Waals surface area contributed by atoms with Gasteiger partial charge in [-0.3, -0.25) is 4.79 Å². The number of carbonyl (C=O) groups is 1. The number of hydrogen-bond acceptors (Lipinski definition) is 2. The minimum absolute atomic E-state index is 0.139. The molecule has 118 valence electrons. The van der Waals surface area contributed by atoms with Crippen molar-refractivity contribution in [2.45, 2.75) is 58.0 Å². The van der Waals surface area contributed by atoms with E-state index in [1.807, 2.05) is 0 Å². The van der Waals surface area contributed by atoms with E-state index in [0.717, 1.165) is 30.6 Å². The molecule has 0 radical (unpaired) electrons. The maximum Gasteiger partial charge on any atom is 0.406 e. The van der Waals surface area contributed by atoms with Crippen molar-refractivity contribution in [3.05, 3.63) is 0 Å². The second kappa shape index (κ2) is 7.29. The van der Waals surface area contributed by atoms with Crippen molar-refractivity contribution >= 4 is 5.91 Å². The molecule has 2 N–H and O–H groups in total. The van der Waals surface area contributed by atoms with Gasteiger partial charge in [0.25, 0.3) is 0 Å². The molecule has 0 aromatic carbocycles. The molecule has 20 heavy (non-hydrogen) atoms. The van der Waals surface area contributed by atoms with E-state index in [9.17, 15) is 18.0 Å². The van der Waals surface area contributed by atoms with Crippen molar-refractivity contribution < 1.29 is 18.0 Å². The number of amides is 1. The Balaban J connectivity index is 2.89. The lowest BCUT2D eigenvalue weighted by molar-refractivity contribution is -0.168. The number of alkyl halides is 3. The van der Waals surface area contributed by atoms with Gasteiger partial charge in [-0.15, -0.1) is 0 Å². The highest BCUT2D eigenvalue weighted by molar-refractivity contribution is 5.83. The highest BCUT2D eigenvalue weighted by Crippen LogP contribution is 2.36. The first kappa shape index (κ1) is 17.3. The van der Waals surface area contributed by atoms with Gasteiger partial charge in [0.15, 0.2) is 0 Å². The summed E-state index contributed by atoms with van der Waals surface area (Å²) in [7, 11) is 0. The molecule has 6 heteroatoms. The summed E-state index contributed by atoms with van der Waals surface area (Å²) in [5.41, 5.74) is 5.00. The van der Waals surface area contributed by atoms with Crippen LogP contribution in [0.5, 0.6) is 0 Å². The fourth-order valence-corrected chi connectivity index (χ4v) is 2.98. The molecule has 0 aromatic heterocycles. The summed E-state index contributed by atoms with van der Waals surface area (Å²) >= 11 is 0. The van der Waals surface area contributed by atoms with E-state index < -0.39 is 24.0 Å². The second-order valence-electron chi connectivity index (χ2n) is 5.74. The number of hydrogen-bond donors (Lipinski definition) is 1. The molecule has 0 spiro atoms. The normalized spacial score (nSPS) is 19.4. The van der Waals surface area contributed by atoms with Gasteiger partial charge < -0.3 is 10.6 Å². The van der Waals surface area contributed by atoms with Gasteiger partial charge in [-0.1, -0.05) is 32.6 Å². The number of rotatable bonds is 5. The summed E-state index contributed by atoms with van der Waals surface area (Å²) in [4.78, 5) is 13.6. The lowest BCUT2D eigenvalue weighted by atomic mass is 9.79. The van der Waals surface area contributed by atoms with E-state index in [4.69, 9.17) is 5.73 Å². The van der Waals surface area contributed by atoms with E-state index in [1.54, 1.807) is 6.92 Å². The molecular formula is C14H25F3N2O. The standard InChI is InChI=1S/C14H25F3N2O/c1-2-9-19(11-14(15,16)17)12(20)13(10-18)7-5-3-4-6-8-13/h2-11,18H2,1H3. The van der Waals surface area contributed by atoms with Crippen molar-refractivity contribution in [3.63, 3.8) is 0 Å². The fraction of sp³-hybridized carbons (Fsp3) is 0.929. The lowest BCUT2D eigenvalue weighted by Gasteiger charge is -2.36. The van der Waals surface area contributed by atoms with E-state index in [-0.39, 0.29) is 13.1 Å². The predicted octanol–water partition coefficient (Wildman–Crippen LogP) is 3.09. The minimum Gasteiger partial charge on any atom is -0.333 e. The molecule has 1 saturated carbocycles. The van der Waals surface area contributed by atoms with Crippen LogP contribution in [0.25, 0.3) is 0 Å². The molecule has 0 aliphatic heterocycles. The smallest absolute Gasteiger partial charge is 0.333 e. The Morgan fingerprint density at radius 3 is 2.15 bits per heavy atom. The van der Waals surface area contributed by atoms with Crippen LogP contribution in [0.15, 0.2) is 0 Å². The molecule has 3 nitrogen and oxygen atoms in total.